The minimum atomic E-state index is -0.967. The van der Waals surface area contributed by atoms with Crippen LogP contribution in [0.5, 0.6) is 0 Å². The molecule has 132 valence electrons. The van der Waals surface area contributed by atoms with Gasteiger partial charge < -0.3 is 9.64 Å². The molecule has 1 aromatic rings. The van der Waals surface area contributed by atoms with Crippen molar-refractivity contribution in [2.75, 3.05) is 30.9 Å². The summed E-state index contributed by atoms with van der Waals surface area (Å²) < 4.78 is 16.8. The quantitative estimate of drug-likeness (QED) is 0.458. The molecular weight excluding hydrogens is 332 g/mol. The molecule has 1 atom stereocenters. The molecule has 2 rings (SSSR count). The SMILES string of the molecule is CCC1(CC)CN(c2cc(C(=O)OC)ccc2[N+](=O)[O-])CCS1=O. The van der Waals surface area contributed by atoms with Gasteiger partial charge in [0, 0.05) is 35.7 Å². The third-order valence-corrected chi connectivity index (χ3v) is 6.96. The van der Waals surface area contributed by atoms with Gasteiger partial charge in [-0.2, -0.15) is 0 Å². The van der Waals surface area contributed by atoms with Crippen LogP contribution < -0.4 is 4.90 Å². The summed E-state index contributed by atoms with van der Waals surface area (Å²) in [5, 5.41) is 11.4. The molecule has 0 N–H and O–H groups in total. The predicted molar refractivity (Wildman–Crippen MR) is 93.0 cm³/mol. The van der Waals surface area contributed by atoms with E-state index in [-0.39, 0.29) is 16.0 Å². The topological polar surface area (TPSA) is 89.8 Å². The van der Waals surface area contributed by atoms with Gasteiger partial charge in [-0.15, -0.1) is 0 Å². The number of nitro groups is 1. The van der Waals surface area contributed by atoms with Crippen LogP contribution in [0.1, 0.15) is 37.0 Å². The maximum Gasteiger partial charge on any atom is 0.337 e. The number of esters is 1. The van der Waals surface area contributed by atoms with Crippen molar-refractivity contribution in [3.63, 3.8) is 0 Å². The molecule has 1 unspecified atom stereocenters. The molecule has 0 amide bonds. The third kappa shape index (κ3) is 3.28. The van der Waals surface area contributed by atoms with Crippen molar-refractivity contribution in [2.24, 2.45) is 0 Å². The molecule has 0 saturated carbocycles. The summed E-state index contributed by atoms with van der Waals surface area (Å²) in [5.74, 6) is -0.0784. The van der Waals surface area contributed by atoms with Crippen LogP contribution in [0.15, 0.2) is 18.2 Å². The van der Waals surface area contributed by atoms with E-state index in [0.717, 1.165) is 12.8 Å². The second-order valence-corrected chi connectivity index (χ2v) is 7.78. The van der Waals surface area contributed by atoms with Gasteiger partial charge in [0.1, 0.15) is 5.69 Å². The summed E-state index contributed by atoms with van der Waals surface area (Å²) in [6.45, 7) is 4.91. The normalized spacial score (nSPS) is 19.8. The summed E-state index contributed by atoms with van der Waals surface area (Å²) in [4.78, 5) is 24.6. The number of nitrogens with zero attached hydrogens (tertiary/aromatic N) is 2. The van der Waals surface area contributed by atoms with Gasteiger partial charge in [-0.3, -0.25) is 14.3 Å². The van der Waals surface area contributed by atoms with Gasteiger partial charge in [-0.1, -0.05) is 13.8 Å². The van der Waals surface area contributed by atoms with Gasteiger partial charge in [-0.25, -0.2) is 4.79 Å². The van der Waals surface area contributed by atoms with Crippen LogP contribution in [0.2, 0.25) is 0 Å². The fraction of sp³-hybridized carbons (Fsp3) is 0.562. The lowest BCUT2D eigenvalue weighted by Gasteiger charge is -2.42. The molecule has 0 radical (unpaired) electrons. The number of rotatable bonds is 5. The molecule has 1 aliphatic rings. The zero-order valence-corrected chi connectivity index (χ0v) is 14.9. The Hall–Kier alpha value is -1.96. The minimum absolute atomic E-state index is 0.0589. The molecule has 24 heavy (non-hydrogen) atoms. The van der Waals surface area contributed by atoms with E-state index in [2.05, 4.69) is 0 Å². The first-order chi connectivity index (χ1) is 11.4. The summed E-state index contributed by atoms with van der Waals surface area (Å²) in [7, 11) is 0.303. The van der Waals surface area contributed by atoms with Crippen LogP contribution in [0, 0.1) is 10.1 Å². The number of hydrogen-bond donors (Lipinski definition) is 0. The molecule has 0 aliphatic carbocycles. The Kier molecular flexibility index (Phi) is 5.58. The number of anilines is 1. The number of hydrogen-bond acceptors (Lipinski definition) is 6. The molecular formula is C16H22N2O5S. The van der Waals surface area contributed by atoms with Crippen molar-refractivity contribution in [1.82, 2.24) is 0 Å². The van der Waals surface area contributed by atoms with E-state index in [1.165, 1.54) is 25.3 Å². The van der Waals surface area contributed by atoms with Crippen molar-refractivity contribution >= 4 is 28.1 Å². The van der Waals surface area contributed by atoms with Gasteiger partial charge in [0.25, 0.3) is 5.69 Å². The van der Waals surface area contributed by atoms with Crippen LogP contribution in [0.3, 0.4) is 0 Å². The van der Waals surface area contributed by atoms with E-state index < -0.39 is 21.7 Å². The van der Waals surface area contributed by atoms with Crippen LogP contribution in [0.4, 0.5) is 11.4 Å². The Bertz CT molecular complexity index is 672. The van der Waals surface area contributed by atoms with E-state index in [4.69, 9.17) is 4.74 Å². The van der Waals surface area contributed by atoms with Crippen molar-refractivity contribution in [1.29, 1.82) is 0 Å². The van der Waals surface area contributed by atoms with Crippen molar-refractivity contribution in [2.45, 2.75) is 31.4 Å². The van der Waals surface area contributed by atoms with Crippen LogP contribution in [-0.2, 0) is 15.5 Å². The first kappa shape index (κ1) is 18.4. The Morgan fingerprint density at radius 1 is 1.42 bits per heavy atom. The molecule has 1 aromatic carbocycles. The number of methoxy groups -OCH3 is 1. The van der Waals surface area contributed by atoms with Crippen LogP contribution in [0.25, 0.3) is 0 Å². The predicted octanol–water partition coefficient (Wildman–Crippen LogP) is 2.51. The van der Waals surface area contributed by atoms with Crippen molar-refractivity contribution < 1.29 is 18.7 Å². The van der Waals surface area contributed by atoms with Gasteiger partial charge in [-0.05, 0) is 25.0 Å². The molecule has 0 aromatic heterocycles. The number of carbonyl (C=O) groups excluding carboxylic acids is 1. The first-order valence-electron chi connectivity index (χ1n) is 7.88. The Balaban J connectivity index is 2.47. The highest BCUT2D eigenvalue weighted by atomic mass is 32.2. The average Bonchev–Trinajstić information content (AvgIpc) is 2.61. The molecule has 7 nitrogen and oxygen atoms in total. The summed E-state index contributed by atoms with van der Waals surface area (Å²) >= 11 is 0. The first-order valence-corrected chi connectivity index (χ1v) is 9.20. The molecule has 0 spiro atoms. The highest BCUT2D eigenvalue weighted by Gasteiger charge is 2.40. The highest BCUT2D eigenvalue weighted by Crippen LogP contribution is 2.36. The third-order valence-electron chi connectivity index (χ3n) is 4.73. The summed E-state index contributed by atoms with van der Waals surface area (Å²) in [6.07, 6.45) is 1.47. The van der Waals surface area contributed by atoms with E-state index in [1.807, 2.05) is 18.7 Å². The van der Waals surface area contributed by atoms with Gasteiger partial charge in [0.15, 0.2) is 0 Å². The second kappa shape index (κ2) is 7.29. The number of nitro benzene ring substituents is 1. The molecule has 0 bridgehead atoms. The molecule has 1 saturated heterocycles. The maximum absolute atomic E-state index is 12.5. The zero-order valence-electron chi connectivity index (χ0n) is 14.1. The van der Waals surface area contributed by atoms with Crippen molar-refractivity contribution in [3.05, 3.63) is 33.9 Å². The minimum Gasteiger partial charge on any atom is -0.465 e. The smallest absolute Gasteiger partial charge is 0.337 e. The monoisotopic (exact) mass is 354 g/mol. The molecule has 1 aliphatic heterocycles. The zero-order chi connectivity index (χ0) is 17.9. The highest BCUT2D eigenvalue weighted by molar-refractivity contribution is 7.86. The summed E-state index contributed by atoms with van der Waals surface area (Å²) in [5.41, 5.74) is 0.589. The number of benzene rings is 1. The van der Waals surface area contributed by atoms with Gasteiger partial charge in [0.2, 0.25) is 0 Å². The van der Waals surface area contributed by atoms with E-state index >= 15 is 0 Å². The molecule has 1 heterocycles. The van der Waals surface area contributed by atoms with Crippen molar-refractivity contribution in [3.8, 4) is 0 Å². The van der Waals surface area contributed by atoms with Crippen LogP contribution in [-0.4, -0.2) is 45.8 Å². The lowest BCUT2D eigenvalue weighted by Crippen LogP contribution is -2.53. The Labute approximate surface area is 143 Å². The fourth-order valence-electron chi connectivity index (χ4n) is 3.09. The van der Waals surface area contributed by atoms with E-state index in [0.29, 0.717) is 24.5 Å². The lowest BCUT2D eigenvalue weighted by atomic mass is 10.00. The number of carbonyl (C=O) groups is 1. The summed E-state index contributed by atoms with van der Waals surface area (Å²) in [6, 6.07) is 4.21. The Morgan fingerprint density at radius 2 is 2.08 bits per heavy atom. The van der Waals surface area contributed by atoms with E-state index in [1.54, 1.807) is 0 Å². The average molecular weight is 354 g/mol. The van der Waals surface area contributed by atoms with Crippen LogP contribution >= 0.6 is 0 Å². The van der Waals surface area contributed by atoms with Gasteiger partial charge in [0.05, 0.1) is 22.3 Å². The number of ether oxygens (including phenoxy) is 1. The Morgan fingerprint density at radius 3 is 2.62 bits per heavy atom. The van der Waals surface area contributed by atoms with Gasteiger partial charge >= 0.3 is 5.97 Å². The molecule has 1 fully saturated rings. The fourth-order valence-corrected chi connectivity index (χ4v) is 4.85. The lowest BCUT2D eigenvalue weighted by molar-refractivity contribution is -0.384. The van der Waals surface area contributed by atoms with E-state index in [9.17, 15) is 19.1 Å². The second-order valence-electron chi connectivity index (χ2n) is 5.81. The standard InChI is InChI=1S/C16H22N2O5S/c1-4-16(5-2)11-17(8-9-24(16)22)14-10-12(15(19)23-3)6-7-13(14)18(20)21/h6-7,10H,4-5,8-9,11H2,1-3H3. The largest absolute Gasteiger partial charge is 0.465 e. The maximum atomic E-state index is 12.5. The molecule has 8 heteroatoms.